The predicted molar refractivity (Wildman–Crippen MR) is 56.7 cm³/mol. The zero-order valence-corrected chi connectivity index (χ0v) is 8.97. The van der Waals surface area contributed by atoms with Crippen LogP contribution in [0.4, 0.5) is 4.39 Å². The Hall–Kier alpha value is 0.280. The van der Waals surface area contributed by atoms with Crippen molar-refractivity contribution in [3.05, 3.63) is 0 Å². The molecule has 2 heteroatoms. The molecule has 0 fully saturated rings. The number of hydrogen-bond acceptors (Lipinski definition) is 1. The van der Waals surface area contributed by atoms with Crippen molar-refractivity contribution in [3.63, 3.8) is 0 Å². The molecule has 0 spiro atoms. The molecule has 0 nitrogen and oxygen atoms in total. The van der Waals surface area contributed by atoms with Gasteiger partial charge in [0.25, 0.3) is 0 Å². The number of hydrogen-bond donors (Lipinski definition) is 0. The predicted octanol–water partition coefficient (Wildman–Crippen LogP) is 4.05. The zero-order valence-electron chi connectivity index (χ0n) is 8.15. The molecule has 0 aliphatic heterocycles. The monoisotopic (exact) mass is 192 g/mol. The van der Waals surface area contributed by atoms with Gasteiger partial charge in [0, 0.05) is 5.75 Å². The van der Waals surface area contributed by atoms with E-state index in [1.165, 1.54) is 38.5 Å². The third-order valence-corrected chi connectivity index (χ3v) is 2.88. The second-order valence-corrected chi connectivity index (χ2v) is 4.29. The molecule has 12 heavy (non-hydrogen) atoms. The number of alkyl halides is 1. The smallest absolute Gasteiger partial charge is 0.0984 e. The molecule has 0 saturated heterocycles. The van der Waals surface area contributed by atoms with Gasteiger partial charge in [-0.25, -0.2) is 0 Å². The Kier molecular flexibility index (Phi) is 11.5. The van der Waals surface area contributed by atoms with E-state index in [1.54, 1.807) is 11.8 Å². The van der Waals surface area contributed by atoms with Crippen LogP contribution in [0.1, 0.15) is 45.4 Å². The Bertz CT molecular complexity index is 66.2. The minimum atomic E-state index is -0.166. The second-order valence-electron chi connectivity index (χ2n) is 3.07. The standard InChI is InChI=1S/C10H21FS/c1-2-3-4-5-6-7-9-12-10-8-11/h2-10H2,1H3. The molecular weight excluding hydrogens is 171 g/mol. The summed E-state index contributed by atoms with van der Waals surface area (Å²) < 4.78 is 11.6. The maximum atomic E-state index is 11.6. The summed E-state index contributed by atoms with van der Waals surface area (Å²) in [5.41, 5.74) is 0. The van der Waals surface area contributed by atoms with E-state index in [0.717, 1.165) is 5.75 Å². The van der Waals surface area contributed by atoms with Crippen LogP contribution >= 0.6 is 11.8 Å². The second kappa shape index (κ2) is 11.3. The van der Waals surface area contributed by atoms with Crippen LogP contribution in [-0.4, -0.2) is 18.2 Å². The van der Waals surface area contributed by atoms with Crippen LogP contribution in [-0.2, 0) is 0 Å². The molecule has 0 unspecified atom stereocenters. The van der Waals surface area contributed by atoms with Crippen molar-refractivity contribution < 1.29 is 4.39 Å². The summed E-state index contributed by atoms with van der Waals surface area (Å²) in [4.78, 5) is 0. The molecule has 0 aliphatic carbocycles. The molecule has 0 atom stereocenters. The van der Waals surface area contributed by atoms with E-state index in [0.29, 0.717) is 5.75 Å². The molecule has 0 aromatic carbocycles. The average molecular weight is 192 g/mol. The number of rotatable bonds is 9. The van der Waals surface area contributed by atoms with E-state index < -0.39 is 0 Å². The third-order valence-electron chi connectivity index (χ3n) is 1.86. The Morgan fingerprint density at radius 1 is 0.917 bits per heavy atom. The average Bonchev–Trinajstić information content (AvgIpc) is 2.10. The van der Waals surface area contributed by atoms with Crippen molar-refractivity contribution in [2.45, 2.75) is 45.4 Å². The molecule has 0 amide bonds. The fraction of sp³-hybridized carbons (Fsp3) is 1.00. The van der Waals surface area contributed by atoms with Crippen molar-refractivity contribution in [2.75, 3.05) is 18.2 Å². The van der Waals surface area contributed by atoms with Gasteiger partial charge in [-0.3, -0.25) is 4.39 Å². The molecular formula is C10H21FS. The van der Waals surface area contributed by atoms with Crippen molar-refractivity contribution in [2.24, 2.45) is 0 Å². The first kappa shape index (κ1) is 12.3. The minimum absolute atomic E-state index is 0.166. The van der Waals surface area contributed by atoms with E-state index in [4.69, 9.17) is 0 Å². The summed E-state index contributed by atoms with van der Waals surface area (Å²) in [5.74, 6) is 1.84. The molecule has 74 valence electrons. The molecule has 0 aliphatic rings. The third kappa shape index (κ3) is 10.3. The highest BCUT2D eigenvalue weighted by molar-refractivity contribution is 7.99. The van der Waals surface area contributed by atoms with Gasteiger partial charge < -0.3 is 0 Å². The maximum Gasteiger partial charge on any atom is 0.0984 e. The molecule has 0 rings (SSSR count). The van der Waals surface area contributed by atoms with Crippen LogP contribution in [0, 0.1) is 0 Å². The minimum Gasteiger partial charge on any atom is -0.250 e. The molecule has 0 aromatic heterocycles. The molecule has 0 saturated carbocycles. The van der Waals surface area contributed by atoms with Crippen LogP contribution in [0.5, 0.6) is 0 Å². The summed E-state index contributed by atoms with van der Waals surface area (Å²) in [6.45, 7) is 2.07. The van der Waals surface area contributed by atoms with Gasteiger partial charge in [0.1, 0.15) is 0 Å². The Labute approximate surface area is 80.3 Å². The molecule has 0 bridgehead atoms. The van der Waals surface area contributed by atoms with Gasteiger partial charge in [-0.1, -0.05) is 39.0 Å². The van der Waals surface area contributed by atoms with Crippen LogP contribution in [0.3, 0.4) is 0 Å². The van der Waals surface area contributed by atoms with Crippen LogP contribution < -0.4 is 0 Å². The van der Waals surface area contributed by atoms with Crippen molar-refractivity contribution in [3.8, 4) is 0 Å². The lowest BCUT2D eigenvalue weighted by molar-refractivity contribution is 0.532. The summed E-state index contributed by atoms with van der Waals surface area (Å²) in [5, 5.41) is 0. The van der Waals surface area contributed by atoms with Gasteiger partial charge in [0.15, 0.2) is 0 Å². The molecule has 0 aromatic rings. The Morgan fingerprint density at radius 2 is 1.58 bits per heavy atom. The summed E-state index contributed by atoms with van der Waals surface area (Å²) in [6, 6.07) is 0. The molecule has 0 radical (unpaired) electrons. The van der Waals surface area contributed by atoms with Crippen LogP contribution in [0.2, 0.25) is 0 Å². The SMILES string of the molecule is CCCCCCCCSCCF. The van der Waals surface area contributed by atoms with Crippen LogP contribution in [0.25, 0.3) is 0 Å². The van der Waals surface area contributed by atoms with E-state index in [-0.39, 0.29) is 6.67 Å². The first-order chi connectivity index (χ1) is 5.91. The van der Waals surface area contributed by atoms with E-state index >= 15 is 0 Å². The lowest BCUT2D eigenvalue weighted by Crippen LogP contribution is -1.85. The molecule has 0 N–H and O–H groups in total. The Morgan fingerprint density at radius 3 is 2.25 bits per heavy atom. The quantitative estimate of drug-likeness (QED) is 0.497. The summed E-state index contributed by atoms with van der Waals surface area (Å²) in [6.07, 6.45) is 8.04. The fourth-order valence-corrected chi connectivity index (χ4v) is 1.86. The highest BCUT2D eigenvalue weighted by atomic mass is 32.2. The van der Waals surface area contributed by atoms with Crippen molar-refractivity contribution >= 4 is 11.8 Å². The molecule has 0 heterocycles. The first-order valence-electron chi connectivity index (χ1n) is 5.05. The van der Waals surface area contributed by atoms with Crippen molar-refractivity contribution in [1.29, 1.82) is 0 Å². The summed E-state index contributed by atoms with van der Waals surface area (Å²) in [7, 11) is 0. The number of unbranched alkanes of at least 4 members (excludes halogenated alkanes) is 5. The fourth-order valence-electron chi connectivity index (χ4n) is 1.14. The van der Waals surface area contributed by atoms with Crippen molar-refractivity contribution in [1.82, 2.24) is 0 Å². The zero-order chi connectivity index (χ0) is 9.07. The van der Waals surface area contributed by atoms with E-state index in [1.807, 2.05) is 0 Å². The normalized spacial score (nSPS) is 10.5. The van der Waals surface area contributed by atoms with Gasteiger partial charge in [0.2, 0.25) is 0 Å². The van der Waals surface area contributed by atoms with Gasteiger partial charge in [-0.2, -0.15) is 11.8 Å². The summed E-state index contributed by atoms with van der Waals surface area (Å²) >= 11 is 1.74. The Balaban J connectivity index is 2.73. The lowest BCUT2D eigenvalue weighted by atomic mass is 10.1. The lowest BCUT2D eigenvalue weighted by Gasteiger charge is -1.99. The maximum absolute atomic E-state index is 11.6. The highest BCUT2D eigenvalue weighted by Gasteiger charge is 1.90. The first-order valence-corrected chi connectivity index (χ1v) is 6.21. The topological polar surface area (TPSA) is 0 Å². The number of halogens is 1. The highest BCUT2D eigenvalue weighted by Crippen LogP contribution is 2.09. The van der Waals surface area contributed by atoms with E-state index in [2.05, 4.69) is 6.92 Å². The van der Waals surface area contributed by atoms with Crippen LogP contribution in [0.15, 0.2) is 0 Å². The van der Waals surface area contributed by atoms with Gasteiger partial charge in [0.05, 0.1) is 6.67 Å². The largest absolute Gasteiger partial charge is 0.250 e. The number of thioether (sulfide) groups is 1. The van der Waals surface area contributed by atoms with E-state index in [9.17, 15) is 4.39 Å². The van der Waals surface area contributed by atoms with Gasteiger partial charge >= 0.3 is 0 Å². The van der Waals surface area contributed by atoms with Gasteiger partial charge in [-0.15, -0.1) is 0 Å². The van der Waals surface area contributed by atoms with Gasteiger partial charge in [-0.05, 0) is 12.2 Å².